The SMILES string of the molecule is COc1c(Cl)cc(Cl)cc1CN(C)CN. The molecule has 0 heterocycles. The van der Waals surface area contributed by atoms with Gasteiger partial charge in [-0.3, -0.25) is 4.90 Å². The number of methoxy groups -OCH3 is 1. The van der Waals surface area contributed by atoms with E-state index >= 15 is 0 Å². The molecule has 2 N–H and O–H groups in total. The second kappa shape index (κ2) is 5.56. The highest BCUT2D eigenvalue weighted by atomic mass is 35.5. The third-order valence-electron chi connectivity index (χ3n) is 2.04. The number of hydrogen-bond donors (Lipinski definition) is 1. The minimum atomic E-state index is 0.466. The first-order valence-corrected chi connectivity index (χ1v) is 5.24. The summed E-state index contributed by atoms with van der Waals surface area (Å²) < 4.78 is 5.22. The summed E-state index contributed by atoms with van der Waals surface area (Å²) in [6, 6.07) is 3.49. The molecule has 84 valence electrons. The van der Waals surface area contributed by atoms with Gasteiger partial charge in [0.1, 0.15) is 5.75 Å². The lowest BCUT2D eigenvalue weighted by Gasteiger charge is -2.17. The van der Waals surface area contributed by atoms with Crippen LogP contribution in [0.3, 0.4) is 0 Å². The van der Waals surface area contributed by atoms with Gasteiger partial charge in [-0.2, -0.15) is 0 Å². The fourth-order valence-corrected chi connectivity index (χ4v) is 1.93. The highest BCUT2D eigenvalue weighted by Gasteiger charge is 2.10. The van der Waals surface area contributed by atoms with Crippen LogP contribution in [-0.4, -0.2) is 25.7 Å². The maximum Gasteiger partial charge on any atom is 0.142 e. The van der Waals surface area contributed by atoms with E-state index in [9.17, 15) is 0 Å². The van der Waals surface area contributed by atoms with Crippen LogP contribution in [-0.2, 0) is 6.54 Å². The number of benzene rings is 1. The van der Waals surface area contributed by atoms with Crippen LogP contribution < -0.4 is 10.5 Å². The van der Waals surface area contributed by atoms with Crippen LogP contribution in [0.4, 0.5) is 0 Å². The first kappa shape index (κ1) is 12.6. The zero-order valence-corrected chi connectivity index (χ0v) is 10.3. The largest absolute Gasteiger partial charge is 0.495 e. The van der Waals surface area contributed by atoms with E-state index in [0.29, 0.717) is 29.0 Å². The number of nitrogens with zero attached hydrogens (tertiary/aromatic N) is 1. The Morgan fingerprint density at radius 2 is 2.07 bits per heavy atom. The smallest absolute Gasteiger partial charge is 0.142 e. The molecule has 0 unspecified atom stereocenters. The lowest BCUT2D eigenvalue weighted by molar-refractivity contribution is 0.326. The third-order valence-corrected chi connectivity index (χ3v) is 2.54. The van der Waals surface area contributed by atoms with Gasteiger partial charge in [-0.1, -0.05) is 23.2 Å². The Balaban J connectivity index is 3.03. The Morgan fingerprint density at radius 1 is 1.40 bits per heavy atom. The van der Waals surface area contributed by atoms with Gasteiger partial charge < -0.3 is 10.5 Å². The molecule has 0 saturated carbocycles. The van der Waals surface area contributed by atoms with Crippen LogP contribution in [0.5, 0.6) is 5.75 Å². The standard InChI is InChI=1S/C10H14Cl2N2O/c1-14(6-13)5-7-3-8(11)4-9(12)10(7)15-2/h3-4H,5-6,13H2,1-2H3. The van der Waals surface area contributed by atoms with Crippen molar-refractivity contribution in [3.8, 4) is 5.75 Å². The fourth-order valence-electron chi connectivity index (χ4n) is 1.32. The predicted octanol–water partition coefficient (Wildman–Crippen LogP) is 2.35. The summed E-state index contributed by atoms with van der Waals surface area (Å²) in [5.41, 5.74) is 6.44. The summed E-state index contributed by atoms with van der Waals surface area (Å²) in [7, 11) is 3.50. The van der Waals surface area contributed by atoms with E-state index in [-0.39, 0.29) is 0 Å². The quantitative estimate of drug-likeness (QED) is 0.832. The van der Waals surface area contributed by atoms with Crippen LogP contribution in [0.25, 0.3) is 0 Å². The van der Waals surface area contributed by atoms with Gasteiger partial charge in [-0.15, -0.1) is 0 Å². The van der Waals surface area contributed by atoms with Crippen LogP contribution in [0.2, 0.25) is 10.0 Å². The molecule has 0 amide bonds. The molecule has 1 aromatic rings. The van der Waals surface area contributed by atoms with Gasteiger partial charge >= 0.3 is 0 Å². The molecule has 0 aliphatic heterocycles. The Bertz CT molecular complexity index is 344. The summed E-state index contributed by atoms with van der Waals surface area (Å²) in [6.45, 7) is 1.12. The number of ether oxygens (including phenoxy) is 1. The van der Waals surface area contributed by atoms with Crippen molar-refractivity contribution in [2.45, 2.75) is 6.54 Å². The lowest BCUT2D eigenvalue weighted by Crippen LogP contribution is -2.25. The number of hydrogen-bond acceptors (Lipinski definition) is 3. The van der Waals surface area contributed by atoms with Gasteiger partial charge in [0.15, 0.2) is 0 Å². The van der Waals surface area contributed by atoms with Crippen molar-refractivity contribution in [1.82, 2.24) is 4.90 Å². The molecule has 0 aromatic heterocycles. The summed E-state index contributed by atoms with van der Waals surface area (Å²) in [6.07, 6.45) is 0. The minimum absolute atomic E-state index is 0.466. The van der Waals surface area contributed by atoms with E-state index in [2.05, 4.69) is 0 Å². The average molecular weight is 249 g/mol. The van der Waals surface area contributed by atoms with Crippen LogP contribution in [0.15, 0.2) is 12.1 Å². The second-order valence-corrected chi connectivity index (χ2v) is 4.12. The van der Waals surface area contributed by atoms with E-state index in [1.54, 1.807) is 13.2 Å². The maximum atomic E-state index is 6.00. The minimum Gasteiger partial charge on any atom is -0.495 e. The molecule has 1 aromatic carbocycles. The molecule has 3 nitrogen and oxygen atoms in total. The van der Waals surface area contributed by atoms with Crippen molar-refractivity contribution in [2.75, 3.05) is 20.8 Å². The highest BCUT2D eigenvalue weighted by Crippen LogP contribution is 2.32. The fraction of sp³-hybridized carbons (Fsp3) is 0.400. The molecule has 5 heteroatoms. The highest BCUT2D eigenvalue weighted by molar-refractivity contribution is 6.35. The summed E-state index contributed by atoms with van der Waals surface area (Å²) in [5, 5.41) is 1.12. The third kappa shape index (κ3) is 3.24. The molecule has 0 atom stereocenters. The Labute approximate surface area is 99.7 Å². The summed E-state index contributed by atoms with van der Waals surface area (Å²) in [4.78, 5) is 1.94. The van der Waals surface area contributed by atoms with E-state index in [1.807, 2.05) is 18.0 Å². The van der Waals surface area contributed by atoms with Crippen LogP contribution in [0, 0.1) is 0 Å². The monoisotopic (exact) mass is 248 g/mol. The van der Waals surface area contributed by atoms with E-state index in [1.165, 1.54) is 0 Å². The second-order valence-electron chi connectivity index (χ2n) is 3.28. The van der Waals surface area contributed by atoms with Gasteiger partial charge in [0.25, 0.3) is 0 Å². The molecule has 1 rings (SSSR count). The van der Waals surface area contributed by atoms with Gasteiger partial charge in [0, 0.05) is 23.8 Å². The first-order valence-electron chi connectivity index (χ1n) is 4.49. The molecule has 0 fully saturated rings. The molecule has 0 saturated heterocycles. The normalized spacial score (nSPS) is 10.8. The van der Waals surface area contributed by atoms with Gasteiger partial charge in [0.05, 0.1) is 12.1 Å². The van der Waals surface area contributed by atoms with Crippen molar-refractivity contribution < 1.29 is 4.74 Å². The molecule has 0 bridgehead atoms. The first-order chi connectivity index (χ1) is 7.08. The summed E-state index contributed by atoms with van der Waals surface area (Å²) in [5.74, 6) is 0.654. The van der Waals surface area contributed by atoms with Crippen molar-refractivity contribution in [1.29, 1.82) is 0 Å². The maximum absolute atomic E-state index is 6.00. The molecule has 0 aliphatic rings. The number of halogens is 2. The van der Waals surface area contributed by atoms with Gasteiger partial charge in [-0.25, -0.2) is 0 Å². The molecular weight excluding hydrogens is 235 g/mol. The lowest BCUT2D eigenvalue weighted by atomic mass is 10.2. The van der Waals surface area contributed by atoms with Crippen LogP contribution >= 0.6 is 23.2 Å². The Hall–Kier alpha value is -0.480. The zero-order chi connectivity index (χ0) is 11.4. The molecular formula is C10H14Cl2N2O. The van der Waals surface area contributed by atoms with Crippen LogP contribution in [0.1, 0.15) is 5.56 Å². The van der Waals surface area contributed by atoms with E-state index in [0.717, 1.165) is 5.56 Å². The Kier molecular flexibility index (Phi) is 4.67. The van der Waals surface area contributed by atoms with E-state index < -0.39 is 0 Å². The Morgan fingerprint density at radius 3 is 2.60 bits per heavy atom. The molecule has 0 aliphatic carbocycles. The van der Waals surface area contributed by atoms with Crippen molar-refractivity contribution >= 4 is 23.2 Å². The van der Waals surface area contributed by atoms with E-state index in [4.69, 9.17) is 33.7 Å². The van der Waals surface area contributed by atoms with Crippen molar-refractivity contribution in [2.24, 2.45) is 5.73 Å². The number of nitrogens with two attached hydrogens (primary N) is 1. The number of rotatable bonds is 4. The van der Waals surface area contributed by atoms with Crippen molar-refractivity contribution in [3.05, 3.63) is 27.7 Å². The van der Waals surface area contributed by atoms with Gasteiger partial charge in [0.2, 0.25) is 0 Å². The molecule has 0 spiro atoms. The topological polar surface area (TPSA) is 38.5 Å². The molecule has 0 radical (unpaired) electrons. The zero-order valence-electron chi connectivity index (χ0n) is 8.76. The van der Waals surface area contributed by atoms with Crippen molar-refractivity contribution in [3.63, 3.8) is 0 Å². The average Bonchev–Trinajstić information content (AvgIpc) is 2.17. The molecule has 15 heavy (non-hydrogen) atoms. The van der Waals surface area contributed by atoms with Gasteiger partial charge in [-0.05, 0) is 19.2 Å². The summed E-state index contributed by atoms with van der Waals surface area (Å²) >= 11 is 11.9. The predicted molar refractivity (Wildman–Crippen MR) is 63.5 cm³/mol.